The Morgan fingerprint density at radius 3 is 0.410 bits per heavy atom. The van der Waals surface area contributed by atoms with E-state index in [-0.39, 0.29) is 159 Å². The first-order valence-corrected chi connectivity index (χ1v) is 13.1. The molecule has 16 N–H and O–H groups in total. The van der Waals surface area contributed by atoms with Gasteiger partial charge in [0, 0.05) is 0 Å². The molecule has 39 heavy (non-hydrogen) atoms. The van der Waals surface area contributed by atoms with Crippen LogP contribution in [0.4, 0.5) is 0 Å². The molecule has 0 aliphatic heterocycles. The molecule has 0 bridgehead atoms. The van der Waals surface area contributed by atoms with Crippen molar-refractivity contribution in [2.24, 2.45) is 0 Å². The van der Waals surface area contributed by atoms with Crippen LogP contribution in [0.5, 0.6) is 0 Å². The van der Waals surface area contributed by atoms with E-state index >= 15 is 0 Å². The van der Waals surface area contributed by atoms with Gasteiger partial charge in [-0.2, -0.15) is 0 Å². The van der Waals surface area contributed by atoms with Gasteiger partial charge in [0.05, 0.1) is 31.3 Å². The fourth-order valence-electron chi connectivity index (χ4n) is 0.520. The van der Waals surface area contributed by atoms with E-state index in [1.165, 1.54) is 0 Å². The number of hydrogen-bond donors (Lipinski definition) is 0. The molecule has 0 heterocycles. The molecule has 0 fully saturated rings. The molecule has 0 spiro atoms. The molecule has 0 saturated heterocycles. The molecule has 0 aromatic carbocycles. The first-order valence-electron chi connectivity index (χ1n) is 4.38. The van der Waals surface area contributed by atoms with Crippen molar-refractivity contribution in [1.29, 1.82) is 0 Å². The zero-order valence-corrected chi connectivity index (χ0v) is 30.8. The maximum absolute atomic E-state index is 10.1. The summed E-state index contributed by atoms with van der Waals surface area (Å²) in [6, 6.07) is 0. The second kappa shape index (κ2) is 36.8. The van der Waals surface area contributed by atoms with Crippen LogP contribution in [0.2, 0.25) is 0 Å². The van der Waals surface area contributed by atoms with E-state index in [4.69, 9.17) is 0 Å². The molecule has 0 unspecified atom stereocenters. The molecule has 0 aromatic rings. The zero-order chi connectivity index (χ0) is 21.8. The minimum absolute atomic E-state index is 0. The summed E-state index contributed by atoms with van der Waals surface area (Å²) in [5.41, 5.74) is 0. The van der Waals surface area contributed by atoms with Crippen LogP contribution in [0.25, 0.3) is 0 Å². The Bertz CT molecular complexity index is 632. The molecule has 0 aromatic heterocycles. The van der Waals surface area contributed by atoms with Gasteiger partial charge in [-0.1, -0.05) is 0 Å². The summed E-state index contributed by atoms with van der Waals surface area (Å²) in [7, 11) is -35.8. The molecule has 0 aliphatic carbocycles. The second-order valence-electron chi connectivity index (χ2n) is 3.01. The van der Waals surface area contributed by atoms with Crippen LogP contribution in [-0.4, -0.2) is 159 Å². The van der Waals surface area contributed by atoms with Gasteiger partial charge in [0.15, 0.2) is 0 Å². The molecule has 0 aliphatic rings. The van der Waals surface area contributed by atoms with Crippen LogP contribution in [-0.2, 0) is 44.6 Å². The summed E-state index contributed by atoms with van der Waals surface area (Å²) in [6.45, 7) is 0. The van der Waals surface area contributed by atoms with Gasteiger partial charge in [0.25, 0.3) is 15.6 Å². The van der Waals surface area contributed by atoms with Crippen molar-refractivity contribution in [3.63, 3.8) is 0 Å². The molecular weight excluding hydrogens is 755 g/mol. The maximum Gasteiger partial charge on any atom is 2.00 e. The smallest absolute Gasteiger partial charge is 0.790 e. The summed E-state index contributed by atoms with van der Waals surface area (Å²) in [4.78, 5) is 97.3. The average molecular weight is 771 g/mol. The van der Waals surface area contributed by atoms with E-state index in [1.54, 1.807) is 0 Å². The second-order valence-corrected chi connectivity index (χ2v) is 11.0. The van der Waals surface area contributed by atoms with Crippen LogP contribution in [0.1, 0.15) is 0 Å². The summed E-state index contributed by atoms with van der Waals surface area (Å²) in [5.74, 6) is 0. The number of rotatable bonds is 8. The molecule has 0 atom stereocenters. The molecule has 224 valence electrons. The molecule has 0 radical (unpaired) electrons. The fraction of sp³-hybridized carbons (Fsp3) is 0. The van der Waals surface area contributed by atoms with Gasteiger partial charge < -0.3 is 111 Å². The quantitative estimate of drug-likeness (QED) is 0.163. The summed E-state index contributed by atoms with van der Waals surface area (Å²) < 4.78 is 69.4. The Labute approximate surface area is 296 Å². The minimum atomic E-state index is -5.97. The van der Waals surface area contributed by atoms with Crippen molar-refractivity contribution >= 4 is 162 Å². The van der Waals surface area contributed by atoms with Gasteiger partial charge in [0.2, 0.25) is 0 Å². The van der Waals surface area contributed by atoms with Gasteiger partial charge in [0.1, 0.15) is 0 Å². The predicted molar refractivity (Wildman–Crippen MR) is 108 cm³/mol. The number of phosphoric acid groups is 6. The van der Waals surface area contributed by atoms with Gasteiger partial charge >= 0.3 is 115 Å². The largest absolute Gasteiger partial charge is 2.00 e. The Kier molecular flexibility index (Phi) is 91.3. The van der Waals surface area contributed by atoms with E-state index in [1.807, 2.05) is 0 Å². The van der Waals surface area contributed by atoms with Crippen molar-refractivity contribution in [2.75, 3.05) is 0 Å². The Morgan fingerprint density at radius 1 is 0.282 bits per heavy atom. The van der Waals surface area contributed by atoms with E-state index < -0.39 is 46.9 Å². The average Bonchev–Trinajstić information content (AvgIpc) is 1.97. The SMILES string of the molecule is O.O.O.O.O.O.O.O.O=P([O-])([O-])OP(=O)([O-])OP(=O)([O-])[O-].O=P([O-])([O-])OP(=O)([O-])OP(=O)([O-])[O-].[Mg+2].[Mg+2].[Mg+2].[Mg+2].[Mg+2]. The monoisotopic (exact) mass is 770 g/mol. The van der Waals surface area contributed by atoms with Gasteiger partial charge in [-0.3, -0.25) is 26.4 Å². The first kappa shape index (κ1) is 96.7. The van der Waals surface area contributed by atoms with E-state index in [0.29, 0.717) is 0 Å². The molecule has 39 heteroatoms. The third-order valence-electron chi connectivity index (χ3n) is 0.800. The molecule has 0 saturated carbocycles. The topological polar surface area (TPSA) is 622 Å². The Morgan fingerprint density at radius 2 is 0.359 bits per heavy atom. The third kappa shape index (κ3) is 85.8. The van der Waals surface area contributed by atoms with Crippen molar-refractivity contribution in [3.8, 4) is 0 Å². The van der Waals surface area contributed by atoms with Crippen molar-refractivity contribution in [1.82, 2.24) is 0 Å². The third-order valence-corrected chi connectivity index (χ3v) is 7.20. The van der Waals surface area contributed by atoms with Crippen LogP contribution in [0.3, 0.4) is 0 Å². The van der Waals surface area contributed by atoms with Crippen LogP contribution < -0.4 is 48.9 Å². The van der Waals surface area contributed by atoms with Crippen LogP contribution in [0, 0.1) is 0 Å². The van der Waals surface area contributed by atoms with Gasteiger partial charge in [-0.05, 0) is 0 Å². The standard InChI is InChI=1S/5Mg.2H5O10P3.8H2O/c;;;;;2*1-11(2,3)9-13(7,8)10-12(4,5)6;;;;;;;;/h;;;;;2*(H,7,8)(H2,1,2,3)(H2,4,5,6);8*1H2/q5*+2;;;;;;;;;;/p-10. The van der Waals surface area contributed by atoms with Crippen molar-refractivity contribution < 1.29 is 137 Å². The van der Waals surface area contributed by atoms with Crippen molar-refractivity contribution in [3.05, 3.63) is 0 Å². The summed E-state index contributed by atoms with van der Waals surface area (Å²) >= 11 is 0. The van der Waals surface area contributed by atoms with Crippen LogP contribution >= 0.6 is 46.9 Å². The fourth-order valence-corrected chi connectivity index (χ4v) is 5.21. The zero-order valence-electron chi connectivity index (χ0n) is 18.4. The molecular formula is H16Mg5O28P6. The van der Waals surface area contributed by atoms with Crippen molar-refractivity contribution in [2.45, 2.75) is 0 Å². The molecule has 0 rings (SSSR count). The van der Waals surface area contributed by atoms with E-state index in [0.717, 1.165) is 0 Å². The Balaban J connectivity index is -0.0000000170. The predicted octanol–water partition coefficient (Wildman–Crippen LogP) is -16.2. The number of hydrogen-bond acceptors (Lipinski definition) is 20. The van der Waals surface area contributed by atoms with Gasteiger partial charge in [-0.25, -0.2) is 0 Å². The first-order chi connectivity index (χ1) is 10.8. The van der Waals surface area contributed by atoms with Gasteiger partial charge in [-0.15, -0.1) is 0 Å². The maximum atomic E-state index is 10.1. The normalized spacial score (nSPS) is 9.69. The Hall–Kier alpha value is 4.33. The van der Waals surface area contributed by atoms with Crippen LogP contribution in [0.15, 0.2) is 0 Å². The summed E-state index contributed by atoms with van der Waals surface area (Å²) in [5, 5.41) is 0. The van der Waals surface area contributed by atoms with E-state index in [2.05, 4.69) is 17.2 Å². The summed E-state index contributed by atoms with van der Waals surface area (Å²) in [6.07, 6.45) is 0. The molecule has 28 nitrogen and oxygen atoms in total. The molecule has 0 amide bonds. The minimum Gasteiger partial charge on any atom is -0.790 e. The van der Waals surface area contributed by atoms with E-state index in [9.17, 15) is 76.3 Å².